The van der Waals surface area contributed by atoms with E-state index in [9.17, 15) is 13.6 Å². The van der Waals surface area contributed by atoms with Crippen molar-refractivity contribution in [3.05, 3.63) is 0 Å². The molecule has 0 aliphatic rings. The fraction of sp³-hybridized carbons (Fsp3) is 0.917. The maximum absolute atomic E-state index is 13.0. The average molecular weight is 268 g/mol. The zero-order valence-electron chi connectivity index (χ0n) is 11.0. The van der Waals surface area contributed by atoms with Crippen LogP contribution in [0.2, 0.25) is 0 Å². The van der Waals surface area contributed by atoms with Crippen molar-refractivity contribution in [2.75, 3.05) is 12.9 Å². The molecule has 0 N–H and O–H groups in total. The minimum Gasteiger partial charge on any atom is -0.468 e. The molecule has 102 valence electrons. The van der Waals surface area contributed by atoms with Crippen LogP contribution in [0.4, 0.5) is 8.78 Å². The zero-order chi connectivity index (χ0) is 13.5. The summed E-state index contributed by atoms with van der Waals surface area (Å²) in [6.45, 7) is 5.34. The Morgan fingerprint density at radius 2 is 2.00 bits per heavy atom. The van der Waals surface area contributed by atoms with Crippen molar-refractivity contribution in [2.45, 2.75) is 51.2 Å². The summed E-state index contributed by atoms with van der Waals surface area (Å²) >= 11 is 1.41. The van der Waals surface area contributed by atoms with Gasteiger partial charge in [-0.1, -0.05) is 20.8 Å². The van der Waals surface area contributed by atoms with Gasteiger partial charge in [0.25, 0.3) is 0 Å². The van der Waals surface area contributed by atoms with E-state index in [0.29, 0.717) is 12.2 Å². The van der Waals surface area contributed by atoms with Gasteiger partial charge in [0, 0.05) is 12.8 Å². The second-order valence-corrected chi connectivity index (χ2v) is 5.62. The van der Waals surface area contributed by atoms with Gasteiger partial charge in [-0.25, -0.2) is 8.78 Å². The van der Waals surface area contributed by atoms with E-state index in [-0.39, 0.29) is 30.0 Å². The van der Waals surface area contributed by atoms with Gasteiger partial charge in [-0.3, -0.25) is 4.79 Å². The van der Waals surface area contributed by atoms with Gasteiger partial charge in [0.1, 0.15) is 5.25 Å². The second-order valence-electron chi connectivity index (χ2n) is 4.37. The molecule has 0 rings (SSSR count). The molecule has 17 heavy (non-hydrogen) atoms. The number of ether oxygens (including phenoxy) is 1. The van der Waals surface area contributed by atoms with Gasteiger partial charge < -0.3 is 4.74 Å². The number of rotatable bonds is 8. The molecule has 0 saturated heterocycles. The van der Waals surface area contributed by atoms with E-state index in [1.807, 2.05) is 13.8 Å². The van der Waals surface area contributed by atoms with Gasteiger partial charge in [0.15, 0.2) is 0 Å². The Labute approximate surface area is 106 Å². The first-order valence-electron chi connectivity index (χ1n) is 5.91. The summed E-state index contributed by atoms with van der Waals surface area (Å²) in [5, 5.41) is -0.254. The van der Waals surface area contributed by atoms with Crippen LogP contribution in [-0.2, 0) is 9.53 Å². The van der Waals surface area contributed by atoms with Crippen molar-refractivity contribution in [3.63, 3.8) is 0 Å². The molecule has 5 heteroatoms. The average Bonchev–Trinajstić information content (AvgIpc) is 2.27. The molecule has 0 amide bonds. The van der Waals surface area contributed by atoms with Crippen LogP contribution in [0.3, 0.4) is 0 Å². The number of hydrogen-bond acceptors (Lipinski definition) is 3. The Kier molecular flexibility index (Phi) is 7.75. The summed E-state index contributed by atoms with van der Waals surface area (Å²) in [4.78, 5) is 11.4. The van der Waals surface area contributed by atoms with Crippen LogP contribution in [-0.4, -0.2) is 30.0 Å². The quantitative estimate of drug-likeness (QED) is 0.495. The third-order valence-corrected chi connectivity index (χ3v) is 4.16. The normalized spacial score (nSPS) is 13.8. The Bertz CT molecular complexity index is 233. The van der Waals surface area contributed by atoms with Crippen LogP contribution in [0.25, 0.3) is 0 Å². The molecule has 0 aliphatic carbocycles. The lowest BCUT2D eigenvalue weighted by molar-refractivity contribution is -0.140. The number of carbonyl (C=O) groups excluding carboxylic acids is 1. The fourth-order valence-corrected chi connectivity index (χ4v) is 2.55. The lowest BCUT2D eigenvalue weighted by atomic mass is 10.1. The van der Waals surface area contributed by atoms with E-state index in [4.69, 9.17) is 0 Å². The molecular formula is C12H22F2O2S. The monoisotopic (exact) mass is 268 g/mol. The van der Waals surface area contributed by atoms with Crippen molar-refractivity contribution < 1.29 is 18.3 Å². The van der Waals surface area contributed by atoms with Gasteiger partial charge in [0.2, 0.25) is 5.92 Å². The zero-order valence-corrected chi connectivity index (χ0v) is 11.8. The summed E-state index contributed by atoms with van der Waals surface area (Å²) in [5.41, 5.74) is 0. The Hall–Kier alpha value is -0.320. The van der Waals surface area contributed by atoms with E-state index in [2.05, 4.69) is 4.74 Å². The molecule has 0 saturated carbocycles. The summed E-state index contributed by atoms with van der Waals surface area (Å²) in [6.07, 6.45) is 0.191. The van der Waals surface area contributed by atoms with E-state index in [0.717, 1.165) is 0 Å². The van der Waals surface area contributed by atoms with Crippen LogP contribution in [0.5, 0.6) is 0 Å². The van der Waals surface area contributed by atoms with Gasteiger partial charge in [0.05, 0.1) is 7.11 Å². The summed E-state index contributed by atoms with van der Waals surface area (Å²) in [6, 6.07) is 0. The smallest absolute Gasteiger partial charge is 0.319 e. The molecule has 1 atom stereocenters. The molecule has 0 aromatic carbocycles. The highest BCUT2D eigenvalue weighted by Crippen LogP contribution is 2.27. The van der Waals surface area contributed by atoms with Crippen molar-refractivity contribution >= 4 is 17.7 Å². The first-order chi connectivity index (χ1) is 7.84. The third kappa shape index (κ3) is 6.86. The molecule has 0 bridgehead atoms. The van der Waals surface area contributed by atoms with Crippen LogP contribution in [0, 0.1) is 5.92 Å². The molecular weight excluding hydrogens is 246 g/mol. The van der Waals surface area contributed by atoms with Gasteiger partial charge >= 0.3 is 5.97 Å². The van der Waals surface area contributed by atoms with Crippen molar-refractivity contribution in [1.82, 2.24) is 0 Å². The molecule has 0 aromatic heterocycles. The maximum Gasteiger partial charge on any atom is 0.319 e. The number of carbonyl (C=O) groups is 1. The van der Waals surface area contributed by atoms with E-state index in [1.165, 1.54) is 25.8 Å². The Balaban J connectivity index is 3.96. The Morgan fingerprint density at radius 1 is 1.41 bits per heavy atom. The number of methoxy groups -OCH3 is 1. The fourth-order valence-electron chi connectivity index (χ4n) is 1.37. The van der Waals surface area contributed by atoms with Gasteiger partial charge in [-0.05, 0) is 18.1 Å². The summed E-state index contributed by atoms with van der Waals surface area (Å²) < 4.78 is 30.6. The molecule has 2 nitrogen and oxygen atoms in total. The Morgan fingerprint density at radius 3 is 2.41 bits per heavy atom. The lowest BCUT2D eigenvalue weighted by Gasteiger charge is -2.18. The van der Waals surface area contributed by atoms with E-state index in [1.54, 1.807) is 0 Å². The molecule has 0 heterocycles. The maximum atomic E-state index is 13.0. The SMILES string of the molecule is CCC(F)(F)CCCSC(C(=O)OC)C(C)C. The number of esters is 1. The van der Waals surface area contributed by atoms with Crippen LogP contribution in [0.15, 0.2) is 0 Å². The summed E-state index contributed by atoms with van der Waals surface area (Å²) in [5.74, 6) is -2.13. The van der Waals surface area contributed by atoms with E-state index >= 15 is 0 Å². The highest BCUT2D eigenvalue weighted by atomic mass is 32.2. The number of alkyl halides is 2. The standard InChI is InChI=1S/C12H22F2O2S/c1-5-12(13,14)7-6-8-17-10(9(2)3)11(15)16-4/h9-10H,5-8H2,1-4H3. The first-order valence-corrected chi connectivity index (χ1v) is 6.96. The molecule has 0 spiro atoms. The van der Waals surface area contributed by atoms with Crippen LogP contribution in [0.1, 0.15) is 40.0 Å². The summed E-state index contributed by atoms with van der Waals surface area (Å²) in [7, 11) is 1.35. The minimum absolute atomic E-state index is 0.109. The molecule has 1 unspecified atom stereocenters. The van der Waals surface area contributed by atoms with Crippen molar-refractivity contribution in [2.24, 2.45) is 5.92 Å². The lowest BCUT2D eigenvalue weighted by Crippen LogP contribution is -2.25. The molecule has 0 radical (unpaired) electrons. The minimum atomic E-state index is -2.57. The molecule has 0 aliphatic heterocycles. The first kappa shape index (κ1) is 16.7. The number of halogens is 2. The highest BCUT2D eigenvalue weighted by molar-refractivity contribution is 8.00. The van der Waals surface area contributed by atoms with Crippen molar-refractivity contribution in [3.8, 4) is 0 Å². The van der Waals surface area contributed by atoms with Crippen LogP contribution >= 0.6 is 11.8 Å². The molecule has 0 fully saturated rings. The third-order valence-electron chi connectivity index (χ3n) is 2.54. The van der Waals surface area contributed by atoms with E-state index < -0.39 is 5.92 Å². The number of hydrogen-bond donors (Lipinski definition) is 0. The number of thioether (sulfide) groups is 1. The predicted octanol–water partition coefficient (Wildman–Crippen LogP) is 3.74. The second kappa shape index (κ2) is 7.90. The largest absolute Gasteiger partial charge is 0.468 e. The molecule has 0 aromatic rings. The van der Waals surface area contributed by atoms with Gasteiger partial charge in [-0.2, -0.15) is 0 Å². The van der Waals surface area contributed by atoms with Crippen molar-refractivity contribution in [1.29, 1.82) is 0 Å². The van der Waals surface area contributed by atoms with Crippen LogP contribution < -0.4 is 0 Å². The predicted molar refractivity (Wildman–Crippen MR) is 67.6 cm³/mol. The van der Waals surface area contributed by atoms with Gasteiger partial charge in [-0.15, -0.1) is 11.8 Å². The topological polar surface area (TPSA) is 26.3 Å². The highest BCUT2D eigenvalue weighted by Gasteiger charge is 2.27.